The van der Waals surface area contributed by atoms with E-state index in [0.717, 1.165) is 16.7 Å². The van der Waals surface area contributed by atoms with E-state index in [-0.39, 0.29) is 11.8 Å². The summed E-state index contributed by atoms with van der Waals surface area (Å²) in [6, 6.07) is 11.5. The molecular formula is C22H25N3O4. The van der Waals surface area contributed by atoms with Gasteiger partial charge in [-0.3, -0.25) is 19.9 Å². The van der Waals surface area contributed by atoms with Crippen molar-refractivity contribution in [1.29, 1.82) is 0 Å². The summed E-state index contributed by atoms with van der Waals surface area (Å²) in [7, 11) is 0. The van der Waals surface area contributed by atoms with Gasteiger partial charge in [0.2, 0.25) is 11.8 Å². The van der Waals surface area contributed by atoms with Gasteiger partial charge >= 0.3 is 6.09 Å². The average Bonchev–Trinajstić information content (AvgIpc) is 2.65. The van der Waals surface area contributed by atoms with Crippen molar-refractivity contribution in [2.75, 3.05) is 0 Å². The lowest BCUT2D eigenvalue weighted by molar-refractivity contribution is -0.134. The molecule has 1 aliphatic rings. The van der Waals surface area contributed by atoms with E-state index in [1.165, 1.54) is 0 Å². The predicted octanol–water partition coefficient (Wildman–Crippen LogP) is 3.29. The minimum atomic E-state index is -0.532. The first-order valence-corrected chi connectivity index (χ1v) is 9.57. The topological polar surface area (TPSA) is 97.4 Å². The van der Waals surface area contributed by atoms with E-state index in [2.05, 4.69) is 15.6 Å². The molecular weight excluding hydrogens is 370 g/mol. The average molecular weight is 395 g/mol. The van der Waals surface area contributed by atoms with Crippen molar-refractivity contribution in [3.8, 4) is 11.1 Å². The minimum Gasteiger partial charge on any atom is -0.444 e. The Kier molecular flexibility index (Phi) is 5.96. The predicted molar refractivity (Wildman–Crippen MR) is 108 cm³/mol. The Hall–Kier alpha value is -3.22. The largest absolute Gasteiger partial charge is 0.444 e. The van der Waals surface area contributed by atoms with Crippen LogP contribution < -0.4 is 10.6 Å². The Morgan fingerprint density at radius 1 is 1.17 bits per heavy atom. The quantitative estimate of drug-likeness (QED) is 0.774. The lowest BCUT2D eigenvalue weighted by Crippen LogP contribution is -2.39. The van der Waals surface area contributed by atoms with E-state index in [9.17, 15) is 14.4 Å². The van der Waals surface area contributed by atoms with Gasteiger partial charge in [0.25, 0.3) is 0 Å². The number of hydrogen-bond donors (Lipinski definition) is 2. The summed E-state index contributed by atoms with van der Waals surface area (Å²) in [4.78, 5) is 39.5. The molecule has 0 bridgehead atoms. The van der Waals surface area contributed by atoms with Crippen molar-refractivity contribution >= 4 is 17.9 Å². The number of benzene rings is 1. The number of aromatic nitrogens is 1. The molecule has 1 aromatic carbocycles. The van der Waals surface area contributed by atoms with Gasteiger partial charge in [-0.05, 0) is 56.0 Å². The van der Waals surface area contributed by atoms with Gasteiger partial charge in [-0.15, -0.1) is 0 Å². The second-order valence-electron chi connectivity index (χ2n) is 8.03. The highest BCUT2D eigenvalue weighted by Crippen LogP contribution is 2.27. The molecule has 1 saturated heterocycles. The third-order valence-corrected chi connectivity index (χ3v) is 4.50. The summed E-state index contributed by atoms with van der Waals surface area (Å²) in [5, 5.41) is 5.10. The van der Waals surface area contributed by atoms with E-state index < -0.39 is 17.6 Å². The second-order valence-corrected chi connectivity index (χ2v) is 8.03. The fourth-order valence-electron chi connectivity index (χ4n) is 3.10. The van der Waals surface area contributed by atoms with Gasteiger partial charge in [0.05, 0.1) is 11.6 Å². The molecule has 7 heteroatoms. The molecule has 3 rings (SSSR count). The number of nitrogens with zero attached hydrogens (tertiary/aromatic N) is 1. The number of piperidine rings is 1. The fraction of sp³-hybridized carbons (Fsp3) is 0.364. The first-order chi connectivity index (χ1) is 13.7. The lowest BCUT2D eigenvalue weighted by atomic mass is 9.92. The van der Waals surface area contributed by atoms with E-state index >= 15 is 0 Å². The first kappa shape index (κ1) is 20.5. The summed E-state index contributed by atoms with van der Waals surface area (Å²) in [5.41, 5.74) is 2.98. The van der Waals surface area contributed by atoms with Crippen molar-refractivity contribution in [1.82, 2.24) is 15.6 Å². The number of carbonyl (C=O) groups excluding carboxylic acids is 3. The minimum absolute atomic E-state index is 0.238. The van der Waals surface area contributed by atoms with Crippen LogP contribution in [0.2, 0.25) is 0 Å². The van der Waals surface area contributed by atoms with Gasteiger partial charge in [-0.2, -0.15) is 0 Å². The molecule has 3 amide bonds. The second kappa shape index (κ2) is 8.43. The Morgan fingerprint density at radius 3 is 2.55 bits per heavy atom. The normalized spacial score (nSPS) is 16.9. The fourth-order valence-corrected chi connectivity index (χ4v) is 3.10. The van der Waals surface area contributed by atoms with Crippen LogP contribution in [0, 0.1) is 0 Å². The zero-order valence-corrected chi connectivity index (χ0v) is 16.8. The Labute approximate surface area is 169 Å². The summed E-state index contributed by atoms with van der Waals surface area (Å²) in [6.45, 7) is 5.82. The van der Waals surface area contributed by atoms with Crippen molar-refractivity contribution in [3.63, 3.8) is 0 Å². The number of nitrogens with one attached hydrogen (secondary N) is 2. The van der Waals surface area contributed by atoms with E-state index in [0.29, 0.717) is 25.1 Å². The van der Waals surface area contributed by atoms with Crippen LogP contribution in [0.15, 0.2) is 42.6 Å². The molecule has 1 aromatic heterocycles. The zero-order valence-electron chi connectivity index (χ0n) is 16.8. The number of imide groups is 1. The smallest absolute Gasteiger partial charge is 0.407 e. The molecule has 0 saturated carbocycles. The van der Waals surface area contributed by atoms with E-state index in [1.807, 2.05) is 57.2 Å². The van der Waals surface area contributed by atoms with E-state index in [4.69, 9.17) is 4.74 Å². The van der Waals surface area contributed by atoms with Crippen LogP contribution >= 0.6 is 0 Å². The molecule has 7 nitrogen and oxygen atoms in total. The van der Waals surface area contributed by atoms with Crippen LogP contribution in [0.4, 0.5) is 4.79 Å². The highest BCUT2D eigenvalue weighted by molar-refractivity contribution is 6.00. The Bertz CT molecular complexity index is 916. The molecule has 2 N–H and O–H groups in total. The lowest BCUT2D eigenvalue weighted by Gasteiger charge is -2.20. The van der Waals surface area contributed by atoms with Gasteiger partial charge in [0.15, 0.2) is 0 Å². The molecule has 1 fully saturated rings. The van der Waals surface area contributed by atoms with Gasteiger partial charge in [0.1, 0.15) is 5.60 Å². The zero-order chi connectivity index (χ0) is 21.0. The van der Waals surface area contributed by atoms with E-state index in [1.54, 1.807) is 6.20 Å². The molecule has 1 aliphatic heterocycles. The highest BCUT2D eigenvalue weighted by Gasteiger charge is 2.29. The molecule has 1 unspecified atom stereocenters. The number of pyridine rings is 1. The van der Waals surface area contributed by atoms with Crippen LogP contribution in [-0.4, -0.2) is 28.5 Å². The van der Waals surface area contributed by atoms with Crippen LogP contribution in [0.3, 0.4) is 0 Å². The molecule has 152 valence electrons. The third kappa shape index (κ3) is 5.63. The number of carbonyl (C=O) groups is 3. The van der Waals surface area contributed by atoms with Crippen LogP contribution in [0.1, 0.15) is 50.8 Å². The number of alkyl carbamates (subject to hydrolysis) is 1. The van der Waals surface area contributed by atoms with Crippen LogP contribution in [0.25, 0.3) is 11.1 Å². The maximum absolute atomic E-state index is 12.1. The summed E-state index contributed by atoms with van der Waals surface area (Å²) in [5.74, 6) is -0.947. The van der Waals surface area contributed by atoms with Crippen LogP contribution in [0.5, 0.6) is 0 Å². The number of rotatable bonds is 4. The molecule has 1 atom stereocenters. The summed E-state index contributed by atoms with van der Waals surface area (Å²) < 4.78 is 5.23. The number of hydrogen-bond acceptors (Lipinski definition) is 5. The maximum atomic E-state index is 12.1. The number of ether oxygens (including phenoxy) is 1. The molecule has 2 heterocycles. The van der Waals surface area contributed by atoms with Gasteiger partial charge in [0, 0.05) is 19.2 Å². The molecule has 2 aromatic rings. The Morgan fingerprint density at radius 2 is 1.90 bits per heavy atom. The summed E-state index contributed by atoms with van der Waals surface area (Å²) in [6.07, 6.45) is 2.01. The first-order valence-electron chi connectivity index (χ1n) is 9.57. The maximum Gasteiger partial charge on any atom is 0.407 e. The van der Waals surface area contributed by atoms with Crippen molar-refractivity contribution in [2.24, 2.45) is 0 Å². The van der Waals surface area contributed by atoms with Crippen molar-refractivity contribution in [2.45, 2.75) is 51.7 Å². The van der Waals surface area contributed by atoms with Crippen LogP contribution in [-0.2, 0) is 20.9 Å². The van der Waals surface area contributed by atoms with Gasteiger partial charge in [-0.1, -0.05) is 24.3 Å². The van der Waals surface area contributed by atoms with Gasteiger partial charge < -0.3 is 10.1 Å². The summed E-state index contributed by atoms with van der Waals surface area (Å²) >= 11 is 0. The van der Waals surface area contributed by atoms with Crippen molar-refractivity contribution < 1.29 is 19.1 Å². The molecule has 0 radical (unpaired) electrons. The monoisotopic (exact) mass is 395 g/mol. The standard InChI is InChI=1S/C22H25N3O4/c1-22(2,3)29-21(28)24-13-14-4-6-15(7-5-14)16-10-11-23-18(12-16)17-8-9-19(26)25-20(17)27/h4-7,10-12,17H,8-9,13H2,1-3H3,(H,24,28)(H,25,26,27). The highest BCUT2D eigenvalue weighted by atomic mass is 16.6. The molecule has 29 heavy (non-hydrogen) atoms. The molecule has 0 spiro atoms. The number of amides is 3. The Balaban J connectivity index is 1.66. The van der Waals surface area contributed by atoms with Crippen molar-refractivity contribution in [3.05, 3.63) is 53.9 Å². The SMILES string of the molecule is CC(C)(C)OC(=O)NCc1ccc(-c2ccnc(C3CCC(=O)NC3=O)c2)cc1. The molecule has 0 aliphatic carbocycles. The third-order valence-electron chi connectivity index (χ3n) is 4.50. The van der Waals surface area contributed by atoms with Gasteiger partial charge in [-0.25, -0.2) is 4.79 Å².